The van der Waals surface area contributed by atoms with Crippen LogP contribution in [-0.4, -0.2) is 40.4 Å². The SMILES string of the molecule is CS(=O)(=O)CCCNS(=O)(=O)c1c[nH]c2ccc(N)cc12. The van der Waals surface area contributed by atoms with Gasteiger partial charge in [-0.05, 0) is 24.6 Å². The average Bonchev–Trinajstić information content (AvgIpc) is 2.77. The fraction of sp³-hybridized carbons (Fsp3) is 0.333. The zero-order valence-electron chi connectivity index (χ0n) is 11.5. The second kappa shape index (κ2) is 5.66. The van der Waals surface area contributed by atoms with Crippen molar-refractivity contribution in [3.05, 3.63) is 24.4 Å². The van der Waals surface area contributed by atoms with Crippen molar-refractivity contribution in [2.24, 2.45) is 0 Å². The quantitative estimate of drug-likeness (QED) is 0.524. The van der Waals surface area contributed by atoms with Crippen molar-refractivity contribution >= 4 is 36.5 Å². The van der Waals surface area contributed by atoms with E-state index in [2.05, 4.69) is 9.71 Å². The van der Waals surface area contributed by atoms with E-state index in [-0.39, 0.29) is 23.6 Å². The number of hydrogen-bond donors (Lipinski definition) is 3. The van der Waals surface area contributed by atoms with Crippen LogP contribution in [0.3, 0.4) is 0 Å². The molecule has 0 spiro atoms. The molecular formula is C12H17N3O4S2. The summed E-state index contributed by atoms with van der Waals surface area (Å²) < 4.78 is 48.8. The highest BCUT2D eigenvalue weighted by molar-refractivity contribution is 7.90. The first-order valence-corrected chi connectivity index (χ1v) is 9.77. The minimum Gasteiger partial charge on any atom is -0.399 e. The lowest BCUT2D eigenvalue weighted by atomic mass is 10.2. The number of nitrogens with two attached hydrogens (primary N) is 1. The molecule has 0 fully saturated rings. The average molecular weight is 331 g/mol. The van der Waals surface area contributed by atoms with Gasteiger partial charge in [0.1, 0.15) is 14.7 Å². The van der Waals surface area contributed by atoms with Crippen molar-refractivity contribution in [2.45, 2.75) is 11.3 Å². The van der Waals surface area contributed by atoms with Crippen LogP contribution in [0.2, 0.25) is 0 Å². The van der Waals surface area contributed by atoms with E-state index in [9.17, 15) is 16.8 Å². The van der Waals surface area contributed by atoms with Gasteiger partial charge in [0.2, 0.25) is 10.0 Å². The monoisotopic (exact) mass is 331 g/mol. The van der Waals surface area contributed by atoms with Crippen LogP contribution >= 0.6 is 0 Å². The van der Waals surface area contributed by atoms with E-state index in [1.54, 1.807) is 18.2 Å². The third-order valence-corrected chi connectivity index (χ3v) is 5.47. The smallest absolute Gasteiger partial charge is 0.242 e. The highest BCUT2D eigenvalue weighted by Gasteiger charge is 2.18. The fourth-order valence-corrected chi connectivity index (χ4v) is 3.86. The number of hydrogen-bond acceptors (Lipinski definition) is 5. The largest absolute Gasteiger partial charge is 0.399 e. The second-order valence-corrected chi connectivity index (χ2v) is 8.83. The number of aromatic amines is 1. The van der Waals surface area contributed by atoms with Gasteiger partial charge >= 0.3 is 0 Å². The van der Waals surface area contributed by atoms with Gasteiger partial charge in [0.15, 0.2) is 0 Å². The van der Waals surface area contributed by atoms with E-state index in [4.69, 9.17) is 5.73 Å². The molecule has 0 unspecified atom stereocenters. The Morgan fingerprint density at radius 1 is 1.24 bits per heavy atom. The lowest BCUT2D eigenvalue weighted by Gasteiger charge is -2.05. The van der Waals surface area contributed by atoms with Crippen molar-refractivity contribution < 1.29 is 16.8 Å². The molecule has 7 nitrogen and oxygen atoms in total. The van der Waals surface area contributed by atoms with Gasteiger partial charge in [-0.1, -0.05) is 0 Å². The molecule has 0 saturated heterocycles. The Labute approximate surface area is 123 Å². The number of H-pyrrole nitrogens is 1. The Bertz CT molecular complexity index is 854. The zero-order chi connectivity index (χ0) is 15.7. The summed E-state index contributed by atoms with van der Waals surface area (Å²) in [5.41, 5.74) is 6.80. The molecule has 1 aromatic heterocycles. The molecule has 2 rings (SSSR count). The van der Waals surface area contributed by atoms with E-state index < -0.39 is 19.9 Å². The summed E-state index contributed by atoms with van der Waals surface area (Å²) in [6.45, 7) is 0.0599. The number of sulfonamides is 1. The predicted molar refractivity (Wildman–Crippen MR) is 82.2 cm³/mol. The number of anilines is 1. The Morgan fingerprint density at radius 3 is 2.62 bits per heavy atom. The number of benzene rings is 1. The third kappa shape index (κ3) is 3.96. The minimum absolute atomic E-state index is 0.0592. The number of nitrogens with one attached hydrogen (secondary N) is 2. The van der Waals surface area contributed by atoms with Gasteiger partial charge in [-0.3, -0.25) is 0 Å². The van der Waals surface area contributed by atoms with E-state index in [0.29, 0.717) is 16.6 Å². The van der Waals surface area contributed by atoms with Crippen LogP contribution in [0.1, 0.15) is 6.42 Å². The molecule has 0 radical (unpaired) electrons. The highest BCUT2D eigenvalue weighted by atomic mass is 32.2. The summed E-state index contributed by atoms with van der Waals surface area (Å²) in [5.74, 6) is -0.0592. The van der Waals surface area contributed by atoms with Crippen molar-refractivity contribution in [1.29, 1.82) is 0 Å². The molecule has 0 amide bonds. The molecule has 21 heavy (non-hydrogen) atoms. The Hall–Kier alpha value is -1.58. The number of fused-ring (bicyclic) bond motifs is 1. The summed E-state index contributed by atoms with van der Waals surface area (Å²) >= 11 is 0. The van der Waals surface area contributed by atoms with Crippen LogP contribution in [0.4, 0.5) is 5.69 Å². The molecule has 0 atom stereocenters. The summed E-state index contributed by atoms with van der Waals surface area (Å²) in [6, 6.07) is 4.96. The Balaban J connectivity index is 2.16. The van der Waals surface area contributed by atoms with Crippen LogP contribution < -0.4 is 10.5 Å². The van der Waals surface area contributed by atoms with Gasteiger partial charge in [0, 0.05) is 35.6 Å². The van der Waals surface area contributed by atoms with E-state index in [1.165, 1.54) is 6.20 Å². The normalized spacial score (nSPS) is 12.8. The number of nitrogen functional groups attached to an aromatic ring is 1. The molecule has 2 aromatic rings. The molecule has 9 heteroatoms. The topological polar surface area (TPSA) is 122 Å². The van der Waals surface area contributed by atoms with Crippen molar-refractivity contribution in [1.82, 2.24) is 9.71 Å². The molecule has 0 aliphatic heterocycles. The zero-order valence-corrected chi connectivity index (χ0v) is 13.1. The lowest BCUT2D eigenvalue weighted by molar-refractivity contribution is 0.578. The molecule has 0 bridgehead atoms. The molecule has 0 saturated carbocycles. The van der Waals surface area contributed by atoms with Crippen molar-refractivity contribution in [2.75, 3.05) is 24.3 Å². The van der Waals surface area contributed by atoms with E-state index in [0.717, 1.165) is 6.26 Å². The fourth-order valence-electron chi connectivity index (χ4n) is 1.95. The van der Waals surface area contributed by atoms with Crippen LogP contribution in [0, 0.1) is 0 Å². The van der Waals surface area contributed by atoms with Crippen LogP contribution in [0.15, 0.2) is 29.3 Å². The van der Waals surface area contributed by atoms with E-state index in [1.807, 2.05) is 0 Å². The van der Waals surface area contributed by atoms with Gasteiger partial charge < -0.3 is 10.7 Å². The van der Waals surface area contributed by atoms with Gasteiger partial charge in [0.25, 0.3) is 0 Å². The Morgan fingerprint density at radius 2 is 1.95 bits per heavy atom. The molecule has 4 N–H and O–H groups in total. The second-order valence-electron chi connectivity index (χ2n) is 4.84. The summed E-state index contributed by atoms with van der Waals surface area (Å²) in [4.78, 5) is 2.97. The van der Waals surface area contributed by atoms with Gasteiger partial charge in [-0.2, -0.15) is 0 Å². The van der Waals surface area contributed by atoms with Crippen molar-refractivity contribution in [3.8, 4) is 0 Å². The maximum Gasteiger partial charge on any atom is 0.242 e. The van der Waals surface area contributed by atoms with Gasteiger partial charge in [-0.15, -0.1) is 0 Å². The third-order valence-electron chi connectivity index (χ3n) is 2.94. The van der Waals surface area contributed by atoms with Crippen LogP contribution in [0.25, 0.3) is 10.9 Å². The predicted octanol–water partition coefficient (Wildman–Crippen LogP) is 0.463. The summed E-state index contributed by atoms with van der Waals surface area (Å²) in [7, 11) is -6.80. The number of aromatic nitrogens is 1. The first-order chi connectivity index (χ1) is 9.69. The molecular weight excluding hydrogens is 314 g/mol. The summed E-state index contributed by atoms with van der Waals surface area (Å²) in [6.07, 6.45) is 2.73. The number of sulfone groups is 1. The Kier molecular flexibility index (Phi) is 4.26. The number of rotatable bonds is 6. The summed E-state index contributed by atoms with van der Waals surface area (Å²) in [5, 5.41) is 0.505. The van der Waals surface area contributed by atoms with E-state index >= 15 is 0 Å². The van der Waals surface area contributed by atoms with Gasteiger partial charge in [-0.25, -0.2) is 21.6 Å². The lowest BCUT2D eigenvalue weighted by Crippen LogP contribution is -2.26. The van der Waals surface area contributed by atoms with Crippen LogP contribution in [-0.2, 0) is 19.9 Å². The first kappa shape index (κ1) is 15.8. The maximum atomic E-state index is 12.2. The van der Waals surface area contributed by atoms with Crippen LogP contribution in [0.5, 0.6) is 0 Å². The molecule has 116 valence electrons. The highest BCUT2D eigenvalue weighted by Crippen LogP contribution is 2.24. The standard InChI is InChI=1S/C12H17N3O4S2/c1-20(16,17)6-2-5-15-21(18,19)12-8-14-11-4-3-9(13)7-10(11)12/h3-4,7-8,14-15H,2,5-6,13H2,1H3. The van der Waals surface area contributed by atoms with Gasteiger partial charge in [0.05, 0.1) is 5.75 Å². The molecule has 0 aliphatic rings. The minimum atomic E-state index is -3.71. The molecule has 1 heterocycles. The molecule has 0 aliphatic carbocycles. The first-order valence-electron chi connectivity index (χ1n) is 6.23. The van der Waals surface area contributed by atoms with Crippen molar-refractivity contribution in [3.63, 3.8) is 0 Å². The molecule has 1 aromatic carbocycles. The maximum absolute atomic E-state index is 12.2.